The van der Waals surface area contributed by atoms with E-state index in [1.165, 1.54) is 12.1 Å². The molecule has 240 valence electrons. The first-order chi connectivity index (χ1) is 20.3. The molecule has 0 radical (unpaired) electrons. The van der Waals surface area contributed by atoms with Gasteiger partial charge in [0.15, 0.2) is 17.6 Å². The number of ether oxygens (including phenoxy) is 4. The van der Waals surface area contributed by atoms with Crippen LogP contribution in [0.3, 0.4) is 0 Å². The molecule has 1 aromatic carbocycles. The average molecular weight is 632 g/mol. The number of carboxylic acids is 2. The first-order valence-corrected chi connectivity index (χ1v) is 13.1. The van der Waals surface area contributed by atoms with Crippen molar-refractivity contribution < 1.29 is 76.5 Å². The Kier molecular flexibility index (Phi) is 8.34. The van der Waals surface area contributed by atoms with Crippen LogP contribution in [0.2, 0.25) is 0 Å². The summed E-state index contributed by atoms with van der Waals surface area (Å²) >= 11 is 0. The first-order valence-electron chi connectivity index (χ1n) is 13.1. The molecule has 17 heteroatoms. The van der Waals surface area contributed by atoms with Crippen LogP contribution in [0.15, 0.2) is 24.0 Å². The molecule has 2 aliphatic carbocycles. The minimum atomic E-state index is -5.08. The number of carbonyl (C=O) groups excluding carboxylic acids is 3. The predicted octanol–water partition coefficient (Wildman–Crippen LogP) is 0.794. The molecule has 0 amide bonds. The van der Waals surface area contributed by atoms with Gasteiger partial charge >= 0.3 is 36.0 Å². The number of rotatable bonds is 6. The molecule has 0 aromatic heterocycles. The molecule has 1 aromatic rings. The smallest absolute Gasteiger partial charge is 0.490 e. The summed E-state index contributed by atoms with van der Waals surface area (Å²) in [4.78, 5) is 59.0. The minimum Gasteiger partial charge on any atom is -0.504 e. The van der Waals surface area contributed by atoms with Gasteiger partial charge in [0, 0.05) is 31.9 Å². The number of aliphatic carboxylic acids is 2. The molecule has 1 fully saturated rings. The van der Waals surface area contributed by atoms with Crippen molar-refractivity contribution in [2.45, 2.75) is 74.7 Å². The predicted molar refractivity (Wildman–Crippen MR) is 135 cm³/mol. The van der Waals surface area contributed by atoms with Gasteiger partial charge < -0.3 is 44.3 Å². The number of carboxylic acid groups (broad SMARTS) is 2. The Bertz CT molecular complexity index is 1440. The number of phenolic OH excluding ortho intramolecular Hbond substituents is 1. The van der Waals surface area contributed by atoms with Crippen molar-refractivity contribution in [3.8, 4) is 11.5 Å². The van der Waals surface area contributed by atoms with Crippen molar-refractivity contribution in [1.29, 1.82) is 0 Å². The summed E-state index contributed by atoms with van der Waals surface area (Å²) < 4.78 is 53.1. The van der Waals surface area contributed by atoms with Gasteiger partial charge in [-0.1, -0.05) is 6.07 Å². The van der Waals surface area contributed by atoms with Gasteiger partial charge in [-0.25, -0.2) is 14.4 Å². The summed E-state index contributed by atoms with van der Waals surface area (Å²) in [6.45, 7) is 2.52. The van der Waals surface area contributed by atoms with E-state index >= 15 is 0 Å². The summed E-state index contributed by atoms with van der Waals surface area (Å²) in [5.41, 5.74) is -0.771. The zero-order valence-electron chi connectivity index (χ0n) is 23.4. The molecule has 1 saturated heterocycles. The van der Waals surface area contributed by atoms with Crippen LogP contribution in [0.25, 0.3) is 0 Å². The number of likely N-dealkylation sites (tertiary alicyclic amines) is 1. The van der Waals surface area contributed by atoms with Crippen LogP contribution in [-0.4, -0.2) is 105 Å². The van der Waals surface area contributed by atoms with Crippen molar-refractivity contribution in [2.24, 2.45) is 0 Å². The van der Waals surface area contributed by atoms with Gasteiger partial charge in [-0.3, -0.25) is 9.59 Å². The fourth-order valence-electron chi connectivity index (χ4n) is 6.44. The van der Waals surface area contributed by atoms with Gasteiger partial charge in [-0.05, 0) is 44.1 Å². The molecule has 2 aliphatic heterocycles. The lowest BCUT2D eigenvalue weighted by Gasteiger charge is -2.61. The van der Waals surface area contributed by atoms with Crippen LogP contribution in [-0.2, 0) is 50.0 Å². The highest BCUT2D eigenvalue weighted by Gasteiger charge is 2.72. The van der Waals surface area contributed by atoms with Crippen molar-refractivity contribution in [3.63, 3.8) is 0 Å². The van der Waals surface area contributed by atoms with Crippen LogP contribution in [0.5, 0.6) is 11.5 Å². The molecular formula is C27H28F3NO13. The summed E-state index contributed by atoms with van der Waals surface area (Å²) in [6, 6.07) is 3.05. The van der Waals surface area contributed by atoms with Gasteiger partial charge in [0.1, 0.15) is 5.76 Å². The van der Waals surface area contributed by atoms with Gasteiger partial charge in [-0.15, -0.1) is 0 Å². The molecule has 0 saturated carbocycles. The lowest BCUT2D eigenvalue weighted by Crippen LogP contribution is -2.74. The molecule has 1 spiro atoms. The zero-order valence-corrected chi connectivity index (χ0v) is 23.4. The molecule has 6 atom stereocenters. The largest absolute Gasteiger partial charge is 0.504 e. The van der Waals surface area contributed by atoms with E-state index in [1.807, 2.05) is 7.05 Å². The van der Waals surface area contributed by atoms with E-state index in [0.29, 0.717) is 24.9 Å². The van der Waals surface area contributed by atoms with Crippen molar-refractivity contribution >= 4 is 29.8 Å². The molecule has 2 bridgehead atoms. The van der Waals surface area contributed by atoms with Crippen molar-refractivity contribution in [3.05, 3.63) is 35.1 Å². The second kappa shape index (κ2) is 11.3. The summed E-state index contributed by atoms with van der Waals surface area (Å²) in [5.74, 6) is -7.70. The van der Waals surface area contributed by atoms with Gasteiger partial charge in [0.05, 0.1) is 11.0 Å². The average Bonchev–Trinajstić information content (AvgIpc) is 3.27. The number of hydrogen-bond donors (Lipinski definition) is 4. The molecule has 14 nitrogen and oxygen atoms in total. The highest BCUT2D eigenvalue weighted by molar-refractivity contribution is 5.88. The Morgan fingerprint density at radius 2 is 1.66 bits per heavy atom. The van der Waals surface area contributed by atoms with Gasteiger partial charge in [-0.2, -0.15) is 13.2 Å². The number of esters is 3. The highest BCUT2D eigenvalue weighted by atomic mass is 19.4. The third kappa shape index (κ3) is 5.29. The number of halogens is 3. The number of piperidine rings is 1. The molecule has 2 unspecified atom stereocenters. The second-order valence-electron chi connectivity index (χ2n) is 10.7. The number of alkyl halides is 3. The van der Waals surface area contributed by atoms with Gasteiger partial charge in [0.25, 0.3) is 0 Å². The first kappa shape index (κ1) is 32.5. The van der Waals surface area contributed by atoms with Crippen LogP contribution in [0, 0.1) is 0 Å². The Balaban J connectivity index is 0.000000566. The quantitative estimate of drug-likeness (QED) is 0.253. The molecule has 2 heterocycles. The van der Waals surface area contributed by atoms with Crippen molar-refractivity contribution in [1.82, 2.24) is 4.90 Å². The molecular weight excluding hydrogens is 603 g/mol. The zero-order chi connectivity index (χ0) is 32.9. The Morgan fingerprint density at radius 3 is 2.20 bits per heavy atom. The molecule has 5 rings (SSSR count). The maximum absolute atomic E-state index is 13.2. The van der Waals surface area contributed by atoms with Crippen LogP contribution >= 0.6 is 0 Å². The fourth-order valence-corrected chi connectivity index (χ4v) is 6.44. The molecule has 44 heavy (non-hydrogen) atoms. The van der Waals surface area contributed by atoms with Crippen LogP contribution < -0.4 is 4.74 Å². The van der Waals surface area contributed by atoms with Crippen LogP contribution in [0.1, 0.15) is 37.8 Å². The summed E-state index contributed by atoms with van der Waals surface area (Å²) in [6.07, 6.45) is -7.80. The summed E-state index contributed by atoms with van der Waals surface area (Å²) in [5, 5.41) is 39.4. The van der Waals surface area contributed by atoms with Crippen LogP contribution in [0.4, 0.5) is 13.2 Å². The van der Waals surface area contributed by atoms with Gasteiger partial charge in [0.2, 0.25) is 12.2 Å². The molecule has 4 aliphatic rings. The Labute approximate surface area is 246 Å². The number of likely N-dealkylation sites (N-methyl/N-ethyl adjacent to an activating group) is 1. The lowest BCUT2D eigenvalue weighted by atomic mass is 9.50. The fraction of sp³-hybridized carbons (Fsp3) is 0.519. The maximum Gasteiger partial charge on any atom is 0.490 e. The lowest BCUT2D eigenvalue weighted by molar-refractivity contribution is -0.192. The Morgan fingerprint density at radius 1 is 1.07 bits per heavy atom. The highest BCUT2D eigenvalue weighted by Crippen LogP contribution is 2.65. The third-order valence-corrected chi connectivity index (χ3v) is 8.15. The Hall–Kier alpha value is -4.38. The van der Waals surface area contributed by atoms with E-state index in [2.05, 4.69) is 4.90 Å². The number of hydrogen-bond acceptors (Lipinski definition) is 12. The number of phenols is 1. The number of nitrogens with zero attached hydrogens (tertiary/aromatic N) is 1. The number of aliphatic hydroxyl groups is 1. The maximum atomic E-state index is 13.2. The number of benzene rings is 1. The molecule has 4 N–H and O–H groups in total. The van der Waals surface area contributed by atoms with Crippen molar-refractivity contribution in [2.75, 3.05) is 13.6 Å². The van der Waals surface area contributed by atoms with E-state index in [-0.39, 0.29) is 29.7 Å². The standard InChI is InChI=1S/C25H27NO11.C2HF3O2/c1-11(27)34-19(22(30)31)20(35-12(2)28)23(32)36-15-6-7-25(33)16-10-13-4-5-14(29)18-17(13)24(25,21(15)37-18)8-9-26(16)3;3-2(4,5)1(6)7/h4-6,16,19-21,29,33H,7-10H2,1-3H3,(H,30,31);(H,6,7)/t16-,19?,20?,21+,24+,25-;/m1./s1. The second-order valence-corrected chi connectivity index (χ2v) is 10.7. The third-order valence-electron chi connectivity index (χ3n) is 8.15. The SMILES string of the molecule is CC(=O)OC(C(=O)O)C(OC(C)=O)C(=O)OC1=CC[C@@]2(O)[C@H]3Cc4ccc(O)c5c4[C@@]2(CCN3C)[C@H]1O5.O=C(O)C(F)(F)F. The number of carbonyl (C=O) groups is 5. The monoisotopic (exact) mass is 631 g/mol. The normalized spacial score (nSPS) is 27.6. The topological polar surface area (TPSA) is 206 Å². The minimum absolute atomic E-state index is 0.0226. The van der Waals surface area contributed by atoms with E-state index in [0.717, 1.165) is 19.4 Å². The summed E-state index contributed by atoms with van der Waals surface area (Å²) in [7, 11) is 1.93. The van der Waals surface area contributed by atoms with E-state index in [4.69, 9.17) is 28.8 Å². The van der Waals surface area contributed by atoms with E-state index < -0.39 is 65.4 Å². The number of aromatic hydroxyl groups is 1. The van der Waals surface area contributed by atoms with E-state index in [9.17, 15) is 47.7 Å². The van der Waals surface area contributed by atoms with E-state index in [1.54, 1.807) is 6.07 Å².